The summed E-state index contributed by atoms with van der Waals surface area (Å²) in [6.07, 6.45) is 0.695. The summed E-state index contributed by atoms with van der Waals surface area (Å²) in [5.41, 5.74) is -0.0322. The topological polar surface area (TPSA) is 42.6 Å². The van der Waals surface area contributed by atoms with Gasteiger partial charge in [0.2, 0.25) is 5.82 Å². The van der Waals surface area contributed by atoms with Gasteiger partial charge in [0.1, 0.15) is 0 Å². The van der Waals surface area contributed by atoms with Crippen molar-refractivity contribution >= 4 is 21.9 Å². The van der Waals surface area contributed by atoms with E-state index in [1.165, 1.54) is 18.2 Å². The molecule has 3 aromatic rings. The third-order valence-electron chi connectivity index (χ3n) is 3.73. The molecule has 0 amide bonds. The van der Waals surface area contributed by atoms with E-state index in [1.807, 2.05) is 0 Å². The summed E-state index contributed by atoms with van der Waals surface area (Å²) in [6.45, 7) is 5.58. The van der Waals surface area contributed by atoms with Crippen molar-refractivity contribution < 1.29 is 23.0 Å². The van der Waals surface area contributed by atoms with Gasteiger partial charge in [-0.05, 0) is 31.5 Å². The molecule has 5 heteroatoms. The van der Waals surface area contributed by atoms with Crippen molar-refractivity contribution in [3.8, 4) is 5.75 Å². The fourth-order valence-corrected chi connectivity index (χ4v) is 2.64. The highest BCUT2D eigenvalue weighted by molar-refractivity contribution is 6.05. The quantitative estimate of drug-likeness (QED) is 0.682. The first-order valence-corrected chi connectivity index (χ1v) is 7.33. The normalized spacial score (nSPS) is 12.7. The van der Waals surface area contributed by atoms with Crippen LogP contribution in [0.25, 0.3) is 21.9 Å². The Bertz CT molecular complexity index is 883. The molecule has 1 heterocycles. The molecule has 0 fully saturated rings. The Morgan fingerprint density at radius 3 is 2.48 bits per heavy atom. The maximum atomic E-state index is 14.6. The second kappa shape index (κ2) is 6.01. The van der Waals surface area contributed by atoms with Gasteiger partial charge in [0.25, 0.3) is 0 Å². The molecule has 0 radical (unpaired) electrons. The van der Waals surface area contributed by atoms with E-state index in [-0.39, 0.29) is 28.9 Å². The van der Waals surface area contributed by atoms with E-state index < -0.39 is 17.7 Å². The molecule has 3 nitrogen and oxygen atoms in total. The summed E-state index contributed by atoms with van der Waals surface area (Å²) in [6, 6.07) is 6.23. The molecular weight excluding hydrogens is 302 g/mol. The van der Waals surface area contributed by atoms with Crippen LogP contribution in [0.4, 0.5) is 8.78 Å². The average Bonchev–Trinajstić information content (AvgIpc) is 2.91. The smallest absolute Gasteiger partial charge is 0.208 e. The van der Waals surface area contributed by atoms with E-state index in [4.69, 9.17) is 9.15 Å². The number of benzene rings is 2. The van der Waals surface area contributed by atoms with E-state index in [2.05, 4.69) is 6.58 Å². The van der Waals surface area contributed by atoms with Crippen molar-refractivity contribution in [3.05, 3.63) is 54.1 Å². The molecule has 0 aliphatic carbocycles. The van der Waals surface area contributed by atoms with Gasteiger partial charge in [-0.25, -0.2) is 4.39 Å². The molecule has 0 saturated carbocycles. The Balaban J connectivity index is 2.24. The van der Waals surface area contributed by atoms with Gasteiger partial charge in [0.15, 0.2) is 22.7 Å². The standard InChI is InChI=1S/C18H16F2O3/c1-3-5-13(21)12-7-6-10-11-8-9-14(22-4-2)16(20)18(11)23-17(10)15(12)19/h3,6-9,13,21H,1,4-5H2,2H3/t13-/m0/s1. The minimum atomic E-state index is -1.02. The first kappa shape index (κ1) is 15.5. The Morgan fingerprint density at radius 2 is 1.83 bits per heavy atom. The highest BCUT2D eigenvalue weighted by atomic mass is 19.1. The lowest BCUT2D eigenvalue weighted by molar-refractivity contribution is 0.177. The number of fused-ring (bicyclic) bond motifs is 3. The largest absolute Gasteiger partial charge is 0.491 e. The molecular formula is C18H16F2O3. The predicted molar refractivity (Wildman–Crippen MR) is 84.6 cm³/mol. The summed E-state index contributed by atoms with van der Waals surface area (Å²) in [4.78, 5) is 0. The van der Waals surface area contributed by atoms with Crippen molar-refractivity contribution in [2.45, 2.75) is 19.4 Å². The summed E-state index contributed by atoms with van der Waals surface area (Å²) < 4.78 is 39.6. The minimum Gasteiger partial charge on any atom is -0.491 e. The summed E-state index contributed by atoms with van der Waals surface area (Å²) in [7, 11) is 0. The van der Waals surface area contributed by atoms with Crippen LogP contribution < -0.4 is 4.74 Å². The Labute approximate surface area is 131 Å². The molecule has 1 atom stereocenters. The van der Waals surface area contributed by atoms with Crippen molar-refractivity contribution in [1.82, 2.24) is 0 Å². The highest BCUT2D eigenvalue weighted by Gasteiger charge is 2.21. The van der Waals surface area contributed by atoms with Crippen molar-refractivity contribution in [3.63, 3.8) is 0 Å². The molecule has 0 spiro atoms. The van der Waals surface area contributed by atoms with Crippen LogP contribution in [-0.4, -0.2) is 11.7 Å². The van der Waals surface area contributed by atoms with Crippen LogP contribution in [0.5, 0.6) is 5.75 Å². The van der Waals surface area contributed by atoms with Crippen LogP contribution in [0, 0.1) is 11.6 Å². The van der Waals surface area contributed by atoms with Gasteiger partial charge in [-0.2, -0.15) is 4.39 Å². The zero-order valence-corrected chi connectivity index (χ0v) is 12.6. The summed E-state index contributed by atoms with van der Waals surface area (Å²) in [5, 5.41) is 10.9. The third-order valence-corrected chi connectivity index (χ3v) is 3.73. The minimum absolute atomic E-state index is 0.0554. The maximum Gasteiger partial charge on any atom is 0.208 e. The van der Waals surface area contributed by atoms with E-state index >= 15 is 0 Å². The first-order valence-electron chi connectivity index (χ1n) is 7.33. The van der Waals surface area contributed by atoms with Gasteiger partial charge < -0.3 is 14.3 Å². The van der Waals surface area contributed by atoms with E-state index in [0.29, 0.717) is 17.4 Å². The van der Waals surface area contributed by atoms with Crippen LogP contribution in [0.1, 0.15) is 25.0 Å². The predicted octanol–water partition coefficient (Wildman–Crippen LogP) is 4.87. The Morgan fingerprint density at radius 1 is 1.17 bits per heavy atom. The molecule has 0 unspecified atom stereocenters. The molecule has 23 heavy (non-hydrogen) atoms. The van der Waals surface area contributed by atoms with Crippen molar-refractivity contribution in [2.75, 3.05) is 6.61 Å². The SMILES string of the molecule is C=CC[C@H](O)c1ccc2c(oc3c(F)c(OCC)ccc32)c1F. The maximum absolute atomic E-state index is 14.6. The molecule has 0 bridgehead atoms. The van der Waals surface area contributed by atoms with Crippen LogP contribution in [-0.2, 0) is 0 Å². The molecule has 120 valence electrons. The van der Waals surface area contributed by atoms with Gasteiger partial charge >= 0.3 is 0 Å². The van der Waals surface area contributed by atoms with Gasteiger partial charge in [0.05, 0.1) is 12.7 Å². The van der Waals surface area contributed by atoms with Crippen molar-refractivity contribution in [1.29, 1.82) is 0 Å². The molecule has 1 aromatic heterocycles. The van der Waals surface area contributed by atoms with Gasteiger partial charge in [-0.3, -0.25) is 0 Å². The molecule has 3 rings (SSSR count). The van der Waals surface area contributed by atoms with Crippen LogP contribution in [0.2, 0.25) is 0 Å². The van der Waals surface area contributed by atoms with Crippen LogP contribution >= 0.6 is 0 Å². The number of aliphatic hydroxyl groups excluding tert-OH is 1. The first-order chi connectivity index (χ1) is 11.1. The second-order valence-corrected chi connectivity index (χ2v) is 5.18. The molecule has 2 aromatic carbocycles. The molecule has 0 aliphatic heterocycles. The zero-order chi connectivity index (χ0) is 16.6. The van der Waals surface area contributed by atoms with Crippen LogP contribution in [0.15, 0.2) is 41.3 Å². The average molecular weight is 318 g/mol. The van der Waals surface area contributed by atoms with E-state index in [9.17, 15) is 13.9 Å². The molecule has 0 aliphatic rings. The lowest BCUT2D eigenvalue weighted by atomic mass is 10.0. The number of aliphatic hydroxyl groups is 1. The van der Waals surface area contributed by atoms with Gasteiger partial charge in [-0.1, -0.05) is 12.1 Å². The second-order valence-electron chi connectivity index (χ2n) is 5.18. The number of hydrogen-bond donors (Lipinski definition) is 1. The van der Waals surface area contributed by atoms with Gasteiger partial charge in [0, 0.05) is 16.3 Å². The Kier molecular flexibility index (Phi) is 4.05. The fraction of sp³-hybridized carbons (Fsp3) is 0.222. The van der Waals surface area contributed by atoms with E-state index in [0.717, 1.165) is 0 Å². The number of hydrogen-bond acceptors (Lipinski definition) is 3. The number of rotatable bonds is 5. The third kappa shape index (κ3) is 2.47. The van der Waals surface area contributed by atoms with E-state index in [1.54, 1.807) is 19.1 Å². The lowest BCUT2D eigenvalue weighted by Crippen LogP contribution is -1.99. The number of ether oxygens (including phenoxy) is 1. The molecule has 0 saturated heterocycles. The lowest BCUT2D eigenvalue weighted by Gasteiger charge is -2.09. The highest BCUT2D eigenvalue weighted by Crippen LogP contribution is 2.37. The molecule has 1 N–H and O–H groups in total. The summed E-state index contributed by atoms with van der Waals surface area (Å²) >= 11 is 0. The number of furan rings is 1. The number of halogens is 2. The summed E-state index contributed by atoms with van der Waals surface area (Å²) in [5.74, 6) is -1.29. The van der Waals surface area contributed by atoms with Gasteiger partial charge in [-0.15, -0.1) is 6.58 Å². The zero-order valence-electron chi connectivity index (χ0n) is 12.6. The fourth-order valence-electron chi connectivity index (χ4n) is 2.64. The van der Waals surface area contributed by atoms with Crippen molar-refractivity contribution in [2.24, 2.45) is 0 Å². The van der Waals surface area contributed by atoms with Crippen LogP contribution in [0.3, 0.4) is 0 Å². The Hall–Kier alpha value is -2.40. The monoisotopic (exact) mass is 318 g/mol.